The maximum Gasteiger partial charge on any atom is 0.254 e. The van der Waals surface area contributed by atoms with Gasteiger partial charge < -0.3 is 15.0 Å². The van der Waals surface area contributed by atoms with Crippen molar-refractivity contribution in [1.29, 1.82) is 0 Å². The molecule has 1 aliphatic rings. The van der Waals surface area contributed by atoms with Gasteiger partial charge in [0.1, 0.15) is 0 Å². The highest BCUT2D eigenvalue weighted by Gasteiger charge is 2.26. The molecule has 0 radical (unpaired) electrons. The van der Waals surface area contributed by atoms with Crippen LogP contribution in [0.15, 0.2) is 24.3 Å². The summed E-state index contributed by atoms with van der Waals surface area (Å²) in [5.41, 5.74) is 1.65. The van der Waals surface area contributed by atoms with Crippen LogP contribution < -0.4 is 5.32 Å². The molecule has 2 rings (SSSR count). The first-order valence-corrected chi connectivity index (χ1v) is 9.27. The first-order chi connectivity index (χ1) is 12.3. The summed E-state index contributed by atoms with van der Waals surface area (Å²) >= 11 is 0. The van der Waals surface area contributed by atoms with Gasteiger partial charge in [0.2, 0.25) is 5.91 Å². The smallest absolute Gasteiger partial charge is 0.254 e. The van der Waals surface area contributed by atoms with Crippen LogP contribution in [0.5, 0.6) is 0 Å². The number of nitrogens with zero attached hydrogens (tertiary/aromatic N) is 2. The van der Waals surface area contributed by atoms with Crippen LogP contribution in [-0.2, 0) is 16.1 Å². The Morgan fingerprint density at radius 3 is 2.31 bits per heavy atom. The highest BCUT2D eigenvalue weighted by molar-refractivity contribution is 5.94. The second-order valence-corrected chi connectivity index (χ2v) is 7.45. The first-order valence-electron chi connectivity index (χ1n) is 9.27. The molecule has 0 aliphatic carbocycles. The van der Waals surface area contributed by atoms with Crippen molar-refractivity contribution in [3.05, 3.63) is 35.4 Å². The van der Waals surface area contributed by atoms with E-state index in [1.165, 1.54) is 0 Å². The summed E-state index contributed by atoms with van der Waals surface area (Å²) in [6.07, 6.45) is 0.113. The lowest BCUT2D eigenvalue weighted by Crippen LogP contribution is -2.48. The second kappa shape index (κ2) is 9.14. The number of amides is 2. The number of ether oxygens (including phenoxy) is 1. The van der Waals surface area contributed by atoms with Gasteiger partial charge in [-0.25, -0.2) is 0 Å². The van der Waals surface area contributed by atoms with E-state index in [-0.39, 0.29) is 24.0 Å². The van der Waals surface area contributed by atoms with E-state index in [4.69, 9.17) is 4.74 Å². The Morgan fingerprint density at radius 1 is 1.19 bits per heavy atom. The Bertz CT molecular complexity index is 605. The largest absolute Gasteiger partial charge is 0.372 e. The molecule has 1 N–H and O–H groups in total. The average Bonchev–Trinajstić information content (AvgIpc) is 2.58. The Kier molecular flexibility index (Phi) is 7.17. The summed E-state index contributed by atoms with van der Waals surface area (Å²) < 4.78 is 5.68. The Hall–Kier alpha value is -1.92. The standard InChI is InChI=1S/C20H31N3O3/c1-14(2)22(5)13-19(24)21-10-17-6-8-18(9-7-17)20(25)23-11-15(3)26-16(4)12-23/h6-9,14-16H,10-13H2,1-5H3,(H,21,24). The van der Waals surface area contributed by atoms with Gasteiger partial charge in [0, 0.05) is 31.2 Å². The van der Waals surface area contributed by atoms with Crippen LogP contribution in [0.2, 0.25) is 0 Å². The Balaban J connectivity index is 1.87. The highest BCUT2D eigenvalue weighted by atomic mass is 16.5. The van der Waals surface area contributed by atoms with Crippen molar-refractivity contribution >= 4 is 11.8 Å². The normalized spacial score (nSPS) is 20.5. The molecular formula is C20H31N3O3. The van der Waals surface area contributed by atoms with Crippen molar-refractivity contribution in [2.24, 2.45) is 0 Å². The molecule has 6 nitrogen and oxygen atoms in total. The molecule has 1 aliphatic heterocycles. The number of benzene rings is 1. The zero-order chi connectivity index (χ0) is 19.3. The van der Waals surface area contributed by atoms with E-state index in [2.05, 4.69) is 19.2 Å². The minimum absolute atomic E-state index is 0.00218. The second-order valence-electron chi connectivity index (χ2n) is 7.45. The quantitative estimate of drug-likeness (QED) is 0.841. The molecule has 2 amide bonds. The molecule has 1 aromatic carbocycles. The van der Waals surface area contributed by atoms with Gasteiger partial charge in [0.25, 0.3) is 5.91 Å². The van der Waals surface area contributed by atoms with Gasteiger partial charge in [0.05, 0.1) is 18.8 Å². The lowest BCUT2D eigenvalue weighted by Gasteiger charge is -2.35. The third-order valence-corrected chi connectivity index (χ3v) is 4.67. The van der Waals surface area contributed by atoms with Crippen LogP contribution >= 0.6 is 0 Å². The van der Waals surface area contributed by atoms with E-state index in [0.717, 1.165) is 5.56 Å². The molecule has 1 heterocycles. The maximum absolute atomic E-state index is 12.6. The number of carbonyl (C=O) groups is 2. The average molecular weight is 361 g/mol. The van der Waals surface area contributed by atoms with Crippen LogP contribution in [-0.4, -0.2) is 66.5 Å². The summed E-state index contributed by atoms with van der Waals surface area (Å²) in [4.78, 5) is 28.4. The van der Waals surface area contributed by atoms with E-state index < -0.39 is 0 Å². The van der Waals surface area contributed by atoms with Crippen LogP contribution in [0, 0.1) is 0 Å². The molecule has 1 fully saturated rings. The molecule has 1 aromatic rings. The van der Waals surface area contributed by atoms with Crippen molar-refractivity contribution in [2.75, 3.05) is 26.7 Å². The van der Waals surface area contributed by atoms with Crippen LogP contribution in [0.25, 0.3) is 0 Å². The van der Waals surface area contributed by atoms with E-state index in [1.807, 2.05) is 55.0 Å². The number of morpholine rings is 1. The third-order valence-electron chi connectivity index (χ3n) is 4.67. The Morgan fingerprint density at radius 2 is 1.77 bits per heavy atom. The summed E-state index contributed by atoms with van der Waals surface area (Å²) in [6, 6.07) is 7.78. The fourth-order valence-corrected chi connectivity index (χ4v) is 2.96. The predicted octanol–water partition coefficient (Wildman–Crippen LogP) is 1.89. The lowest BCUT2D eigenvalue weighted by atomic mass is 10.1. The number of nitrogens with one attached hydrogen (secondary N) is 1. The zero-order valence-electron chi connectivity index (χ0n) is 16.5. The Labute approximate surface area is 156 Å². The summed E-state index contributed by atoms with van der Waals surface area (Å²) in [5.74, 6) is 0.0267. The summed E-state index contributed by atoms with van der Waals surface area (Å²) in [5, 5.41) is 2.92. The van der Waals surface area contributed by atoms with Crippen molar-refractivity contribution in [3.8, 4) is 0 Å². The highest BCUT2D eigenvalue weighted by Crippen LogP contribution is 2.15. The topological polar surface area (TPSA) is 61.9 Å². The van der Waals surface area contributed by atoms with Crippen molar-refractivity contribution in [2.45, 2.75) is 52.5 Å². The van der Waals surface area contributed by atoms with Gasteiger partial charge in [-0.3, -0.25) is 14.5 Å². The van der Waals surface area contributed by atoms with Crippen LogP contribution in [0.3, 0.4) is 0 Å². The van der Waals surface area contributed by atoms with Crippen LogP contribution in [0.1, 0.15) is 43.6 Å². The summed E-state index contributed by atoms with van der Waals surface area (Å²) in [6.45, 7) is 10.1. The minimum Gasteiger partial charge on any atom is -0.372 e. The fourth-order valence-electron chi connectivity index (χ4n) is 2.96. The number of carbonyl (C=O) groups excluding carboxylic acids is 2. The monoisotopic (exact) mass is 361 g/mol. The molecule has 6 heteroatoms. The molecule has 26 heavy (non-hydrogen) atoms. The maximum atomic E-state index is 12.6. The van der Waals surface area contributed by atoms with Gasteiger partial charge in [0.15, 0.2) is 0 Å². The molecule has 2 atom stereocenters. The number of likely N-dealkylation sites (N-methyl/N-ethyl adjacent to an activating group) is 1. The molecule has 0 aromatic heterocycles. The minimum atomic E-state index is -0.00218. The third kappa shape index (κ3) is 5.81. The number of hydrogen-bond donors (Lipinski definition) is 1. The van der Waals surface area contributed by atoms with E-state index in [1.54, 1.807) is 0 Å². The summed E-state index contributed by atoms with van der Waals surface area (Å²) in [7, 11) is 1.93. The number of hydrogen-bond acceptors (Lipinski definition) is 4. The van der Waals surface area contributed by atoms with Crippen molar-refractivity contribution in [1.82, 2.24) is 15.1 Å². The molecule has 1 saturated heterocycles. The van der Waals surface area contributed by atoms with Crippen molar-refractivity contribution in [3.63, 3.8) is 0 Å². The van der Waals surface area contributed by atoms with E-state index in [0.29, 0.717) is 37.8 Å². The van der Waals surface area contributed by atoms with Gasteiger partial charge >= 0.3 is 0 Å². The lowest BCUT2D eigenvalue weighted by molar-refractivity contribution is -0.122. The molecule has 2 unspecified atom stereocenters. The molecular weight excluding hydrogens is 330 g/mol. The number of rotatable bonds is 6. The van der Waals surface area contributed by atoms with Gasteiger partial charge in [-0.1, -0.05) is 12.1 Å². The predicted molar refractivity (Wildman–Crippen MR) is 102 cm³/mol. The van der Waals surface area contributed by atoms with Gasteiger partial charge in [-0.15, -0.1) is 0 Å². The van der Waals surface area contributed by atoms with E-state index in [9.17, 15) is 9.59 Å². The van der Waals surface area contributed by atoms with E-state index >= 15 is 0 Å². The molecule has 144 valence electrons. The first kappa shape index (κ1) is 20.4. The molecule has 0 saturated carbocycles. The van der Waals surface area contributed by atoms with Crippen LogP contribution in [0.4, 0.5) is 0 Å². The van der Waals surface area contributed by atoms with Crippen molar-refractivity contribution < 1.29 is 14.3 Å². The zero-order valence-corrected chi connectivity index (χ0v) is 16.5. The van der Waals surface area contributed by atoms with Gasteiger partial charge in [-0.2, -0.15) is 0 Å². The molecule has 0 spiro atoms. The molecule has 0 bridgehead atoms. The van der Waals surface area contributed by atoms with Gasteiger partial charge in [-0.05, 0) is 52.4 Å². The SMILES string of the molecule is CC1CN(C(=O)c2ccc(CNC(=O)CN(C)C(C)C)cc2)CC(C)O1. The fraction of sp³-hybridized carbons (Fsp3) is 0.600.